The number of hydrogen-bond acceptors (Lipinski definition) is 7. The van der Waals surface area contributed by atoms with Crippen LogP contribution in [0.3, 0.4) is 0 Å². The molecule has 2 aliphatic heterocycles. The Morgan fingerprint density at radius 1 is 1.17 bits per heavy atom. The molecular weight excluding hydrogens is 370 g/mol. The van der Waals surface area contributed by atoms with Crippen LogP contribution in [0.4, 0.5) is 11.5 Å². The minimum atomic E-state index is 0.166. The Kier molecular flexibility index (Phi) is 4.63. The molecule has 2 aliphatic rings. The van der Waals surface area contributed by atoms with Gasteiger partial charge in [0.05, 0.1) is 49.0 Å². The molecule has 5 rings (SSSR count). The van der Waals surface area contributed by atoms with Gasteiger partial charge in [0.2, 0.25) is 0 Å². The zero-order valence-corrected chi connectivity index (χ0v) is 17.1. The lowest BCUT2D eigenvalue weighted by Gasteiger charge is -2.38. The number of aromatic nitrogens is 5. The normalized spacial score (nSPS) is 25.7. The van der Waals surface area contributed by atoms with Crippen molar-refractivity contribution in [2.75, 3.05) is 42.6 Å². The number of ether oxygens (including phenoxy) is 2. The highest BCUT2D eigenvalue weighted by Gasteiger charge is 2.28. The Morgan fingerprint density at radius 2 is 2.00 bits per heavy atom. The van der Waals surface area contributed by atoms with Crippen LogP contribution in [0.2, 0.25) is 0 Å². The van der Waals surface area contributed by atoms with Gasteiger partial charge < -0.3 is 19.3 Å². The first-order chi connectivity index (χ1) is 14.1. The lowest BCUT2D eigenvalue weighted by atomic mass is 10.2. The first-order valence-corrected chi connectivity index (χ1v) is 10.2. The molecule has 154 valence electrons. The van der Waals surface area contributed by atoms with Crippen molar-refractivity contribution in [3.63, 3.8) is 0 Å². The van der Waals surface area contributed by atoms with E-state index >= 15 is 0 Å². The van der Waals surface area contributed by atoms with Gasteiger partial charge in [-0.1, -0.05) is 0 Å². The third-order valence-corrected chi connectivity index (χ3v) is 5.63. The highest BCUT2D eigenvalue weighted by molar-refractivity contribution is 5.75. The number of morpholine rings is 2. The summed E-state index contributed by atoms with van der Waals surface area (Å²) in [6.45, 7) is 10.3. The maximum atomic E-state index is 5.95. The van der Waals surface area contributed by atoms with Crippen molar-refractivity contribution in [3.05, 3.63) is 24.5 Å². The smallest absolute Gasteiger partial charge is 0.178 e. The first kappa shape index (κ1) is 18.4. The largest absolute Gasteiger partial charge is 0.377 e. The Morgan fingerprint density at radius 3 is 2.72 bits per heavy atom. The molecule has 3 atom stereocenters. The third kappa shape index (κ3) is 3.34. The Balaban J connectivity index is 1.66. The number of nitrogens with zero attached hydrogens (tertiary/aromatic N) is 6. The maximum Gasteiger partial charge on any atom is 0.178 e. The fourth-order valence-electron chi connectivity index (χ4n) is 4.34. The molecule has 9 nitrogen and oxygen atoms in total. The minimum Gasteiger partial charge on any atom is -0.377 e. The molecule has 2 saturated heterocycles. The van der Waals surface area contributed by atoms with E-state index in [0.29, 0.717) is 13.2 Å². The number of fused-ring (bicyclic) bond motifs is 1. The lowest BCUT2D eigenvalue weighted by molar-refractivity contribution is -0.00516. The molecule has 3 unspecified atom stereocenters. The SMILES string of the molecule is CC1CN(c2cc(N3CCOCC3C)nn3c(-c4ccn[nH]4)cnc23)CC(C)O1. The summed E-state index contributed by atoms with van der Waals surface area (Å²) in [5.41, 5.74) is 3.73. The third-order valence-electron chi connectivity index (χ3n) is 5.63. The van der Waals surface area contributed by atoms with Gasteiger partial charge in [-0.3, -0.25) is 5.10 Å². The fraction of sp³-hybridized carbons (Fsp3) is 0.550. The van der Waals surface area contributed by atoms with Crippen LogP contribution in [0, 0.1) is 0 Å². The number of rotatable bonds is 3. The van der Waals surface area contributed by atoms with E-state index in [9.17, 15) is 0 Å². The van der Waals surface area contributed by atoms with E-state index in [1.165, 1.54) is 0 Å². The van der Waals surface area contributed by atoms with Crippen LogP contribution < -0.4 is 9.80 Å². The van der Waals surface area contributed by atoms with Gasteiger partial charge in [-0.05, 0) is 26.8 Å². The van der Waals surface area contributed by atoms with Gasteiger partial charge in [0.15, 0.2) is 11.5 Å². The predicted octanol–water partition coefficient (Wildman–Crippen LogP) is 1.96. The Labute approximate surface area is 169 Å². The predicted molar refractivity (Wildman–Crippen MR) is 110 cm³/mol. The molecule has 29 heavy (non-hydrogen) atoms. The van der Waals surface area contributed by atoms with Crippen LogP contribution in [0.5, 0.6) is 0 Å². The van der Waals surface area contributed by atoms with Crippen LogP contribution in [-0.2, 0) is 9.47 Å². The van der Waals surface area contributed by atoms with Crippen molar-refractivity contribution in [2.24, 2.45) is 0 Å². The van der Waals surface area contributed by atoms with Gasteiger partial charge in [0.1, 0.15) is 5.69 Å². The standard InChI is InChI=1S/C20H27N7O2/c1-13-12-28-7-6-26(13)19-8-17(25-10-14(2)29-15(3)11-25)20-21-9-18(27(20)24-19)16-4-5-22-23-16/h4-5,8-9,13-15H,6-7,10-12H2,1-3H3,(H,22,23). The summed E-state index contributed by atoms with van der Waals surface area (Å²) in [5.74, 6) is 0.939. The van der Waals surface area contributed by atoms with Crippen molar-refractivity contribution >= 4 is 17.2 Å². The van der Waals surface area contributed by atoms with Crippen molar-refractivity contribution < 1.29 is 9.47 Å². The second-order valence-corrected chi connectivity index (χ2v) is 8.02. The summed E-state index contributed by atoms with van der Waals surface area (Å²) in [6, 6.07) is 4.38. The number of aromatic amines is 1. The Hall–Kier alpha value is -2.65. The molecular formula is C20H27N7O2. The summed E-state index contributed by atoms with van der Waals surface area (Å²) in [6.07, 6.45) is 3.94. The molecule has 9 heteroatoms. The van der Waals surface area contributed by atoms with E-state index in [0.717, 1.165) is 48.2 Å². The number of imidazole rings is 1. The molecule has 0 saturated carbocycles. The summed E-state index contributed by atoms with van der Waals surface area (Å²) >= 11 is 0. The highest BCUT2D eigenvalue weighted by atomic mass is 16.5. The van der Waals surface area contributed by atoms with E-state index in [1.807, 2.05) is 16.8 Å². The molecule has 5 heterocycles. The van der Waals surface area contributed by atoms with Gasteiger partial charge >= 0.3 is 0 Å². The molecule has 3 aromatic rings. The fourth-order valence-corrected chi connectivity index (χ4v) is 4.34. The molecule has 2 fully saturated rings. The van der Waals surface area contributed by atoms with Crippen molar-refractivity contribution in [3.8, 4) is 11.4 Å². The van der Waals surface area contributed by atoms with E-state index in [4.69, 9.17) is 19.6 Å². The van der Waals surface area contributed by atoms with E-state index < -0.39 is 0 Å². The van der Waals surface area contributed by atoms with Gasteiger partial charge in [0.25, 0.3) is 0 Å². The molecule has 0 radical (unpaired) electrons. The second-order valence-electron chi connectivity index (χ2n) is 8.02. The average molecular weight is 397 g/mol. The number of anilines is 2. The molecule has 0 aromatic carbocycles. The van der Waals surface area contributed by atoms with Gasteiger partial charge in [-0.15, -0.1) is 5.10 Å². The first-order valence-electron chi connectivity index (χ1n) is 10.2. The topological polar surface area (TPSA) is 83.8 Å². The summed E-state index contributed by atoms with van der Waals surface area (Å²) in [7, 11) is 0. The van der Waals surface area contributed by atoms with Gasteiger partial charge in [-0.2, -0.15) is 5.10 Å². The number of H-pyrrole nitrogens is 1. The van der Waals surface area contributed by atoms with Gasteiger partial charge in [0, 0.05) is 31.9 Å². The van der Waals surface area contributed by atoms with Crippen LogP contribution in [0.25, 0.3) is 17.0 Å². The van der Waals surface area contributed by atoms with E-state index in [1.54, 1.807) is 6.20 Å². The molecule has 0 spiro atoms. The van der Waals surface area contributed by atoms with Crippen LogP contribution >= 0.6 is 0 Å². The van der Waals surface area contributed by atoms with Crippen LogP contribution in [-0.4, -0.2) is 75.9 Å². The van der Waals surface area contributed by atoms with Gasteiger partial charge in [-0.25, -0.2) is 9.50 Å². The molecule has 0 aliphatic carbocycles. The quantitative estimate of drug-likeness (QED) is 0.723. The minimum absolute atomic E-state index is 0.166. The molecule has 3 aromatic heterocycles. The van der Waals surface area contributed by atoms with Crippen molar-refractivity contribution in [1.82, 2.24) is 24.8 Å². The average Bonchev–Trinajstić information content (AvgIpc) is 3.36. The monoisotopic (exact) mass is 397 g/mol. The maximum absolute atomic E-state index is 5.95. The highest BCUT2D eigenvalue weighted by Crippen LogP contribution is 2.31. The Bertz CT molecular complexity index is 976. The van der Waals surface area contributed by atoms with Crippen molar-refractivity contribution in [2.45, 2.75) is 39.0 Å². The zero-order chi connectivity index (χ0) is 20.0. The molecule has 0 amide bonds. The molecule has 1 N–H and O–H groups in total. The number of nitrogens with one attached hydrogen (secondary N) is 1. The summed E-state index contributed by atoms with van der Waals surface area (Å²) < 4.78 is 13.5. The zero-order valence-electron chi connectivity index (χ0n) is 17.1. The van der Waals surface area contributed by atoms with Crippen molar-refractivity contribution in [1.29, 1.82) is 0 Å². The van der Waals surface area contributed by atoms with E-state index in [-0.39, 0.29) is 18.2 Å². The summed E-state index contributed by atoms with van der Waals surface area (Å²) in [4.78, 5) is 9.42. The van der Waals surface area contributed by atoms with E-state index in [2.05, 4.69) is 46.8 Å². The molecule has 0 bridgehead atoms. The van der Waals surface area contributed by atoms with Crippen LogP contribution in [0.1, 0.15) is 20.8 Å². The second kappa shape index (κ2) is 7.31. The lowest BCUT2D eigenvalue weighted by Crippen LogP contribution is -2.46. The van der Waals surface area contributed by atoms with Crippen LogP contribution in [0.15, 0.2) is 24.5 Å². The summed E-state index contributed by atoms with van der Waals surface area (Å²) in [5, 5.41) is 12.1. The number of hydrogen-bond donors (Lipinski definition) is 1.